The molecule has 0 radical (unpaired) electrons. The van der Waals surface area contributed by atoms with E-state index >= 15 is 0 Å². The number of hydrogen-bond acceptors (Lipinski definition) is 3. The van der Waals surface area contributed by atoms with Gasteiger partial charge in [0.05, 0.1) is 0 Å². The first-order valence-corrected chi connectivity index (χ1v) is 8.31. The second-order valence-electron chi connectivity index (χ2n) is 6.95. The topological polar surface area (TPSA) is 64.6 Å². The van der Waals surface area contributed by atoms with E-state index in [1.807, 2.05) is 6.92 Å². The van der Waals surface area contributed by atoms with Crippen molar-refractivity contribution in [3.8, 4) is 0 Å². The lowest BCUT2D eigenvalue weighted by Gasteiger charge is -2.36. The maximum Gasteiger partial charge on any atom is 0.315 e. The number of nitrogens with one attached hydrogen (secondary N) is 2. The lowest BCUT2D eigenvalue weighted by atomic mass is 9.92. The van der Waals surface area contributed by atoms with Crippen molar-refractivity contribution >= 4 is 6.03 Å². The number of carbonyl (C=O) groups excluding carboxylic acids is 1. The minimum absolute atomic E-state index is 0.0966. The molecule has 0 spiro atoms. The zero-order valence-electron chi connectivity index (χ0n) is 14.1. The van der Waals surface area contributed by atoms with E-state index in [1.54, 1.807) is 0 Å². The highest BCUT2D eigenvalue weighted by atomic mass is 16.3. The van der Waals surface area contributed by atoms with Crippen LogP contribution in [0.2, 0.25) is 0 Å². The molecule has 0 aromatic rings. The Bertz CT molecular complexity index is 302. The van der Waals surface area contributed by atoms with E-state index in [4.69, 9.17) is 5.11 Å². The van der Waals surface area contributed by atoms with Gasteiger partial charge in [0.2, 0.25) is 0 Å². The minimum atomic E-state index is -0.106. The van der Waals surface area contributed by atoms with Crippen molar-refractivity contribution in [2.45, 2.75) is 59.0 Å². The van der Waals surface area contributed by atoms with Gasteiger partial charge in [-0.15, -0.1) is 0 Å². The minimum Gasteiger partial charge on any atom is -0.396 e. The van der Waals surface area contributed by atoms with E-state index in [2.05, 4.69) is 36.3 Å². The Labute approximate surface area is 129 Å². The van der Waals surface area contributed by atoms with Gasteiger partial charge in [0, 0.05) is 38.3 Å². The first-order chi connectivity index (χ1) is 9.90. The molecule has 4 unspecified atom stereocenters. The van der Waals surface area contributed by atoms with Crippen LogP contribution in [0.5, 0.6) is 0 Å². The Kier molecular flexibility index (Phi) is 8.04. The van der Waals surface area contributed by atoms with Gasteiger partial charge in [0.15, 0.2) is 0 Å². The Morgan fingerprint density at radius 1 is 1.19 bits per heavy atom. The number of hydrogen-bond donors (Lipinski definition) is 3. The zero-order chi connectivity index (χ0) is 15.8. The lowest BCUT2D eigenvalue weighted by Crippen LogP contribution is -2.50. The molecule has 0 saturated carbocycles. The highest BCUT2D eigenvalue weighted by molar-refractivity contribution is 5.74. The molecule has 1 saturated heterocycles. The Morgan fingerprint density at radius 2 is 1.76 bits per heavy atom. The maximum atomic E-state index is 11.9. The van der Waals surface area contributed by atoms with Gasteiger partial charge in [-0.05, 0) is 44.9 Å². The average molecular weight is 299 g/mol. The second-order valence-corrected chi connectivity index (χ2v) is 6.95. The summed E-state index contributed by atoms with van der Waals surface area (Å²) < 4.78 is 0. The molecule has 0 bridgehead atoms. The van der Waals surface area contributed by atoms with E-state index in [0.29, 0.717) is 0 Å². The summed E-state index contributed by atoms with van der Waals surface area (Å²) in [5, 5.41) is 14.7. The molecule has 0 aromatic heterocycles. The standard InChI is InChI=1S/C16H33N3O2/c1-12-8-13(2)10-19(9-12)11-15(4)18-16(21)17-14(3)6-5-7-20/h12-15,20H,5-11H2,1-4H3,(H2,17,18,21). The molecule has 5 heteroatoms. The molecular weight excluding hydrogens is 266 g/mol. The van der Waals surface area contributed by atoms with Crippen LogP contribution in [0.1, 0.15) is 47.0 Å². The predicted molar refractivity (Wildman–Crippen MR) is 86.3 cm³/mol. The van der Waals surface area contributed by atoms with Crippen molar-refractivity contribution in [1.29, 1.82) is 0 Å². The van der Waals surface area contributed by atoms with Gasteiger partial charge >= 0.3 is 6.03 Å². The molecule has 1 rings (SSSR count). The van der Waals surface area contributed by atoms with Gasteiger partial charge < -0.3 is 20.6 Å². The number of urea groups is 1. The molecule has 1 fully saturated rings. The van der Waals surface area contributed by atoms with Crippen LogP contribution in [0, 0.1) is 11.8 Å². The van der Waals surface area contributed by atoms with Crippen LogP contribution in [-0.4, -0.2) is 54.4 Å². The third-order valence-corrected chi connectivity index (χ3v) is 4.03. The number of rotatable bonds is 7. The molecule has 0 aliphatic carbocycles. The highest BCUT2D eigenvalue weighted by Gasteiger charge is 2.23. The van der Waals surface area contributed by atoms with Gasteiger partial charge in [-0.1, -0.05) is 13.8 Å². The van der Waals surface area contributed by atoms with Crippen LogP contribution in [-0.2, 0) is 0 Å². The molecule has 3 N–H and O–H groups in total. The Morgan fingerprint density at radius 3 is 2.33 bits per heavy atom. The molecule has 0 aromatic carbocycles. The summed E-state index contributed by atoms with van der Waals surface area (Å²) in [7, 11) is 0. The highest BCUT2D eigenvalue weighted by Crippen LogP contribution is 2.20. The van der Waals surface area contributed by atoms with Crippen LogP contribution < -0.4 is 10.6 Å². The summed E-state index contributed by atoms with van der Waals surface area (Å²) in [5.74, 6) is 1.49. The fraction of sp³-hybridized carbons (Fsp3) is 0.938. The second kappa shape index (κ2) is 9.26. The van der Waals surface area contributed by atoms with Gasteiger partial charge in [0.1, 0.15) is 0 Å². The van der Waals surface area contributed by atoms with Gasteiger partial charge in [-0.2, -0.15) is 0 Å². The average Bonchev–Trinajstić information content (AvgIpc) is 2.34. The SMILES string of the molecule is CC1CC(C)CN(CC(C)NC(=O)NC(C)CCCO)C1. The number of carbonyl (C=O) groups is 1. The molecule has 1 aliphatic rings. The zero-order valence-corrected chi connectivity index (χ0v) is 14.1. The quantitative estimate of drug-likeness (QED) is 0.672. The summed E-state index contributed by atoms with van der Waals surface area (Å²) in [4.78, 5) is 14.4. The molecule has 124 valence electrons. The summed E-state index contributed by atoms with van der Waals surface area (Å²) >= 11 is 0. The first kappa shape index (κ1) is 18.2. The van der Waals surface area contributed by atoms with Gasteiger partial charge in [-0.25, -0.2) is 4.79 Å². The molecule has 4 atom stereocenters. The maximum absolute atomic E-state index is 11.9. The monoisotopic (exact) mass is 299 g/mol. The van der Waals surface area contributed by atoms with Crippen molar-refractivity contribution in [3.63, 3.8) is 0 Å². The lowest BCUT2D eigenvalue weighted by molar-refractivity contribution is 0.131. The molecule has 1 aliphatic heterocycles. The third-order valence-electron chi connectivity index (χ3n) is 4.03. The summed E-state index contributed by atoms with van der Waals surface area (Å²) in [6, 6.07) is 0.137. The van der Waals surface area contributed by atoms with Crippen LogP contribution in [0.4, 0.5) is 4.79 Å². The van der Waals surface area contributed by atoms with E-state index in [0.717, 1.165) is 44.3 Å². The largest absolute Gasteiger partial charge is 0.396 e. The Hall–Kier alpha value is -0.810. The number of likely N-dealkylation sites (tertiary alicyclic amines) is 1. The first-order valence-electron chi connectivity index (χ1n) is 8.31. The van der Waals surface area contributed by atoms with E-state index < -0.39 is 0 Å². The van der Waals surface area contributed by atoms with Crippen molar-refractivity contribution in [1.82, 2.24) is 15.5 Å². The molecule has 2 amide bonds. The van der Waals surface area contributed by atoms with E-state index in [9.17, 15) is 4.79 Å². The summed E-state index contributed by atoms with van der Waals surface area (Å²) in [5.41, 5.74) is 0. The molecule has 5 nitrogen and oxygen atoms in total. The molecule has 1 heterocycles. The fourth-order valence-electron chi connectivity index (χ4n) is 3.33. The molecule has 21 heavy (non-hydrogen) atoms. The third kappa shape index (κ3) is 7.67. The van der Waals surface area contributed by atoms with Crippen LogP contribution in [0.25, 0.3) is 0 Å². The van der Waals surface area contributed by atoms with Gasteiger partial charge in [-0.3, -0.25) is 0 Å². The normalized spacial score (nSPS) is 26.1. The van der Waals surface area contributed by atoms with Crippen LogP contribution in [0.15, 0.2) is 0 Å². The van der Waals surface area contributed by atoms with E-state index in [1.165, 1.54) is 6.42 Å². The van der Waals surface area contributed by atoms with Crippen molar-refractivity contribution in [3.05, 3.63) is 0 Å². The predicted octanol–water partition coefficient (Wildman–Crippen LogP) is 1.81. The van der Waals surface area contributed by atoms with Gasteiger partial charge in [0.25, 0.3) is 0 Å². The van der Waals surface area contributed by atoms with Crippen molar-refractivity contribution < 1.29 is 9.90 Å². The summed E-state index contributed by atoms with van der Waals surface area (Å²) in [6.07, 6.45) is 2.83. The molecular formula is C16H33N3O2. The van der Waals surface area contributed by atoms with Crippen LogP contribution in [0.3, 0.4) is 0 Å². The Balaban J connectivity index is 2.25. The number of aliphatic hydroxyl groups is 1. The van der Waals surface area contributed by atoms with Crippen molar-refractivity contribution in [2.24, 2.45) is 11.8 Å². The van der Waals surface area contributed by atoms with Crippen LogP contribution >= 0.6 is 0 Å². The number of amides is 2. The number of piperidine rings is 1. The number of nitrogens with zero attached hydrogens (tertiary/aromatic N) is 1. The summed E-state index contributed by atoms with van der Waals surface area (Å²) in [6.45, 7) is 12.0. The number of aliphatic hydroxyl groups excluding tert-OH is 1. The fourth-order valence-corrected chi connectivity index (χ4v) is 3.33. The van der Waals surface area contributed by atoms with Crippen molar-refractivity contribution in [2.75, 3.05) is 26.2 Å². The smallest absolute Gasteiger partial charge is 0.315 e. The van der Waals surface area contributed by atoms with E-state index in [-0.39, 0.29) is 24.7 Å².